The van der Waals surface area contributed by atoms with Gasteiger partial charge in [-0.15, -0.1) is 0 Å². The first kappa shape index (κ1) is 15.3. The molecule has 2 fully saturated rings. The SMILES string of the molecule is COC(=O)[C@@H]1CCCN1C(=O)C(N)CC1CCCCC1. The molecule has 1 saturated carbocycles. The zero-order valence-electron chi connectivity index (χ0n) is 12.3. The Morgan fingerprint density at radius 2 is 1.90 bits per heavy atom. The third-order valence-electron chi connectivity index (χ3n) is 4.64. The summed E-state index contributed by atoms with van der Waals surface area (Å²) in [6, 6.07) is -0.895. The molecule has 0 aromatic heterocycles. The van der Waals surface area contributed by atoms with E-state index in [9.17, 15) is 9.59 Å². The van der Waals surface area contributed by atoms with E-state index in [1.165, 1.54) is 39.2 Å². The molecule has 2 rings (SSSR count). The maximum atomic E-state index is 12.4. The van der Waals surface area contributed by atoms with Crippen LogP contribution in [0.1, 0.15) is 51.4 Å². The van der Waals surface area contributed by atoms with Crippen LogP contribution >= 0.6 is 0 Å². The maximum absolute atomic E-state index is 12.4. The Kier molecular flexibility index (Phi) is 5.40. The number of esters is 1. The minimum atomic E-state index is -0.469. The van der Waals surface area contributed by atoms with E-state index in [1.54, 1.807) is 4.90 Å². The van der Waals surface area contributed by atoms with Crippen molar-refractivity contribution in [2.45, 2.75) is 63.5 Å². The highest BCUT2D eigenvalue weighted by molar-refractivity contribution is 5.88. The quantitative estimate of drug-likeness (QED) is 0.792. The van der Waals surface area contributed by atoms with Crippen molar-refractivity contribution in [3.05, 3.63) is 0 Å². The zero-order valence-corrected chi connectivity index (χ0v) is 12.3. The summed E-state index contributed by atoms with van der Waals surface area (Å²) in [6.07, 6.45) is 8.46. The van der Waals surface area contributed by atoms with E-state index in [4.69, 9.17) is 10.5 Å². The van der Waals surface area contributed by atoms with Crippen molar-refractivity contribution >= 4 is 11.9 Å². The summed E-state index contributed by atoms with van der Waals surface area (Å²) in [4.78, 5) is 25.8. The van der Waals surface area contributed by atoms with Crippen LogP contribution in [-0.4, -0.2) is 42.5 Å². The van der Waals surface area contributed by atoms with Gasteiger partial charge in [0.25, 0.3) is 0 Å². The number of ether oxygens (including phenoxy) is 1. The lowest BCUT2D eigenvalue weighted by atomic mass is 9.84. The van der Waals surface area contributed by atoms with Crippen LogP contribution in [0.5, 0.6) is 0 Å². The number of hydrogen-bond donors (Lipinski definition) is 1. The molecule has 2 N–H and O–H groups in total. The molecule has 1 unspecified atom stereocenters. The molecule has 0 aromatic carbocycles. The van der Waals surface area contributed by atoms with Gasteiger partial charge in [-0.3, -0.25) is 4.79 Å². The minimum Gasteiger partial charge on any atom is -0.467 e. The second-order valence-electron chi connectivity index (χ2n) is 6.06. The molecule has 1 heterocycles. The molecule has 114 valence electrons. The lowest BCUT2D eigenvalue weighted by Crippen LogP contribution is -2.49. The van der Waals surface area contributed by atoms with E-state index >= 15 is 0 Å². The van der Waals surface area contributed by atoms with Crippen LogP contribution in [0.2, 0.25) is 0 Å². The standard InChI is InChI=1S/C15H26N2O3/c1-20-15(19)13-8-5-9-17(13)14(18)12(16)10-11-6-3-2-4-7-11/h11-13H,2-10,16H2,1H3/t12?,13-/m0/s1. The number of carbonyl (C=O) groups is 2. The molecule has 0 spiro atoms. The predicted molar refractivity (Wildman–Crippen MR) is 75.9 cm³/mol. The molecule has 5 nitrogen and oxygen atoms in total. The fraction of sp³-hybridized carbons (Fsp3) is 0.867. The van der Waals surface area contributed by atoms with Crippen molar-refractivity contribution in [3.63, 3.8) is 0 Å². The van der Waals surface area contributed by atoms with Crippen molar-refractivity contribution in [2.24, 2.45) is 11.7 Å². The van der Waals surface area contributed by atoms with Crippen molar-refractivity contribution in [3.8, 4) is 0 Å². The molecule has 5 heteroatoms. The largest absolute Gasteiger partial charge is 0.467 e. The molecule has 1 amide bonds. The van der Waals surface area contributed by atoms with Crippen molar-refractivity contribution in [1.29, 1.82) is 0 Å². The summed E-state index contributed by atoms with van der Waals surface area (Å²) in [5.74, 6) is 0.172. The molecule has 20 heavy (non-hydrogen) atoms. The molecule has 2 atom stereocenters. The minimum absolute atomic E-state index is 0.0801. The number of hydrogen-bond acceptors (Lipinski definition) is 4. The Morgan fingerprint density at radius 3 is 2.55 bits per heavy atom. The number of likely N-dealkylation sites (tertiary alicyclic amines) is 1. The molecule has 1 aliphatic carbocycles. The van der Waals surface area contributed by atoms with Crippen molar-refractivity contribution < 1.29 is 14.3 Å². The second-order valence-corrected chi connectivity index (χ2v) is 6.06. The van der Waals surface area contributed by atoms with Gasteiger partial charge in [-0.25, -0.2) is 4.79 Å². The van der Waals surface area contributed by atoms with Crippen LogP contribution in [0.25, 0.3) is 0 Å². The van der Waals surface area contributed by atoms with Gasteiger partial charge >= 0.3 is 5.97 Å². The van der Waals surface area contributed by atoms with Gasteiger partial charge in [-0.2, -0.15) is 0 Å². The molecule has 2 aliphatic rings. The van der Waals surface area contributed by atoms with E-state index in [1.807, 2.05) is 0 Å². The van der Waals surface area contributed by atoms with E-state index in [0.29, 0.717) is 18.9 Å². The van der Waals surface area contributed by atoms with Crippen LogP contribution in [0, 0.1) is 5.92 Å². The third kappa shape index (κ3) is 3.51. The number of nitrogens with two attached hydrogens (primary N) is 1. The van der Waals surface area contributed by atoms with Gasteiger partial charge < -0.3 is 15.4 Å². The number of carbonyl (C=O) groups excluding carboxylic acids is 2. The fourth-order valence-corrected chi connectivity index (χ4v) is 3.51. The monoisotopic (exact) mass is 282 g/mol. The maximum Gasteiger partial charge on any atom is 0.328 e. The Labute approximate surface area is 120 Å². The Hall–Kier alpha value is -1.10. The fourth-order valence-electron chi connectivity index (χ4n) is 3.51. The molecular formula is C15H26N2O3. The van der Waals surface area contributed by atoms with Crippen LogP contribution in [0.15, 0.2) is 0 Å². The summed E-state index contributed by atoms with van der Waals surface area (Å²) in [7, 11) is 1.37. The predicted octanol–water partition coefficient (Wildman–Crippen LogP) is 1.45. The number of rotatable bonds is 4. The van der Waals surface area contributed by atoms with Crippen LogP contribution in [0.4, 0.5) is 0 Å². The second kappa shape index (κ2) is 7.07. The number of amides is 1. The first-order chi connectivity index (χ1) is 9.63. The zero-order chi connectivity index (χ0) is 14.5. The molecule has 1 saturated heterocycles. The van der Waals surface area contributed by atoms with E-state index in [2.05, 4.69) is 0 Å². The third-order valence-corrected chi connectivity index (χ3v) is 4.64. The summed E-state index contributed by atoms with van der Waals surface area (Å²) < 4.78 is 4.77. The van der Waals surface area contributed by atoms with Gasteiger partial charge in [0.2, 0.25) is 5.91 Å². The average Bonchev–Trinajstić information content (AvgIpc) is 2.96. The Morgan fingerprint density at radius 1 is 1.20 bits per heavy atom. The number of nitrogens with zero attached hydrogens (tertiary/aromatic N) is 1. The Bertz CT molecular complexity index is 353. The van der Waals surface area contributed by atoms with Gasteiger partial charge in [0.15, 0.2) is 0 Å². The first-order valence-electron chi connectivity index (χ1n) is 7.77. The Balaban J connectivity index is 1.90. The summed E-state index contributed by atoms with van der Waals surface area (Å²) in [5.41, 5.74) is 6.09. The van der Waals surface area contributed by atoms with Crippen molar-refractivity contribution in [2.75, 3.05) is 13.7 Å². The highest BCUT2D eigenvalue weighted by Crippen LogP contribution is 2.28. The molecule has 0 bridgehead atoms. The van der Waals surface area contributed by atoms with Gasteiger partial charge in [0.1, 0.15) is 6.04 Å². The molecule has 0 radical (unpaired) electrons. The lowest BCUT2D eigenvalue weighted by molar-refractivity contribution is -0.151. The summed E-state index contributed by atoms with van der Waals surface area (Å²) >= 11 is 0. The topological polar surface area (TPSA) is 72.6 Å². The van der Waals surface area contributed by atoms with Gasteiger partial charge in [0, 0.05) is 6.54 Å². The number of methoxy groups -OCH3 is 1. The van der Waals surface area contributed by atoms with Gasteiger partial charge in [-0.05, 0) is 25.2 Å². The smallest absolute Gasteiger partial charge is 0.328 e. The first-order valence-corrected chi connectivity index (χ1v) is 7.77. The highest BCUT2D eigenvalue weighted by atomic mass is 16.5. The van der Waals surface area contributed by atoms with Crippen LogP contribution in [0.3, 0.4) is 0 Å². The van der Waals surface area contributed by atoms with E-state index in [0.717, 1.165) is 12.8 Å². The van der Waals surface area contributed by atoms with Crippen LogP contribution < -0.4 is 5.73 Å². The van der Waals surface area contributed by atoms with E-state index in [-0.39, 0.29) is 11.9 Å². The van der Waals surface area contributed by atoms with Crippen molar-refractivity contribution in [1.82, 2.24) is 4.90 Å². The molecular weight excluding hydrogens is 256 g/mol. The average molecular weight is 282 g/mol. The normalized spacial score (nSPS) is 25.5. The van der Waals surface area contributed by atoms with Gasteiger partial charge in [0.05, 0.1) is 13.2 Å². The molecule has 1 aliphatic heterocycles. The highest BCUT2D eigenvalue weighted by Gasteiger charge is 2.37. The summed E-state index contributed by atoms with van der Waals surface area (Å²) in [6.45, 7) is 0.622. The van der Waals surface area contributed by atoms with Crippen LogP contribution in [-0.2, 0) is 14.3 Å². The lowest BCUT2D eigenvalue weighted by Gasteiger charge is -2.29. The van der Waals surface area contributed by atoms with Gasteiger partial charge in [-0.1, -0.05) is 32.1 Å². The molecule has 0 aromatic rings. The summed E-state index contributed by atoms with van der Waals surface area (Å²) in [5, 5.41) is 0. The van der Waals surface area contributed by atoms with E-state index < -0.39 is 12.1 Å².